The lowest BCUT2D eigenvalue weighted by molar-refractivity contribution is 0.385. The lowest BCUT2D eigenvalue weighted by atomic mass is 10.3. The number of rotatable bonds is 4. The van der Waals surface area contributed by atoms with Gasteiger partial charge in [-0.05, 0) is 30.1 Å². The van der Waals surface area contributed by atoms with Crippen molar-refractivity contribution >= 4 is 28.6 Å². The second kappa shape index (κ2) is 5.13. The molecule has 2 rings (SSSR count). The Morgan fingerprint density at radius 1 is 1.50 bits per heavy atom. The van der Waals surface area contributed by atoms with Gasteiger partial charge in [-0.25, -0.2) is 9.37 Å². The van der Waals surface area contributed by atoms with Crippen molar-refractivity contribution in [3.63, 3.8) is 0 Å². The minimum Gasteiger partial charge on any atom is -0.494 e. The van der Waals surface area contributed by atoms with Gasteiger partial charge in [-0.2, -0.15) is 4.37 Å². The summed E-state index contributed by atoms with van der Waals surface area (Å²) in [6.45, 7) is 0. The van der Waals surface area contributed by atoms with E-state index >= 15 is 0 Å². The molecule has 0 fully saturated rings. The van der Waals surface area contributed by atoms with Crippen LogP contribution in [0.4, 0.5) is 9.52 Å². The van der Waals surface area contributed by atoms with Crippen molar-refractivity contribution in [1.82, 2.24) is 9.36 Å². The highest BCUT2D eigenvalue weighted by atomic mass is 32.2. The van der Waals surface area contributed by atoms with Crippen molar-refractivity contribution in [3.05, 3.63) is 30.3 Å². The molecule has 0 spiro atoms. The average Bonchev–Trinajstić information content (AvgIpc) is 2.79. The number of methoxy groups -OCH3 is 1. The zero-order valence-corrected chi connectivity index (χ0v) is 9.94. The SMILES string of the molecule is COc1ccc(SNc2ncns2)cc1F. The monoisotopic (exact) mass is 257 g/mol. The molecule has 0 aliphatic rings. The van der Waals surface area contributed by atoms with Crippen LogP contribution in [0, 0.1) is 5.82 Å². The van der Waals surface area contributed by atoms with Gasteiger partial charge in [0.15, 0.2) is 11.6 Å². The van der Waals surface area contributed by atoms with Gasteiger partial charge in [-0.15, -0.1) is 0 Å². The van der Waals surface area contributed by atoms with Gasteiger partial charge in [0.2, 0.25) is 5.13 Å². The molecule has 1 N–H and O–H groups in total. The third kappa shape index (κ3) is 2.61. The zero-order chi connectivity index (χ0) is 11.4. The first-order chi connectivity index (χ1) is 7.79. The van der Waals surface area contributed by atoms with Crippen LogP contribution in [0.15, 0.2) is 29.4 Å². The molecule has 1 heterocycles. The molecule has 84 valence electrons. The fourth-order valence-electron chi connectivity index (χ4n) is 1.03. The van der Waals surface area contributed by atoms with E-state index in [4.69, 9.17) is 4.74 Å². The quantitative estimate of drug-likeness (QED) is 0.853. The molecule has 0 aliphatic heterocycles. The molecule has 0 saturated carbocycles. The Bertz CT molecular complexity index is 464. The summed E-state index contributed by atoms with van der Waals surface area (Å²) in [5, 5.41) is 0.682. The molecule has 0 aliphatic carbocycles. The van der Waals surface area contributed by atoms with Crippen LogP contribution in [-0.4, -0.2) is 16.5 Å². The van der Waals surface area contributed by atoms with Gasteiger partial charge in [-0.3, -0.25) is 0 Å². The maximum atomic E-state index is 13.3. The second-order valence-electron chi connectivity index (χ2n) is 2.75. The number of hydrogen-bond acceptors (Lipinski definition) is 6. The van der Waals surface area contributed by atoms with Crippen molar-refractivity contribution in [1.29, 1.82) is 0 Å². The third-order valence-electron chi connectivity index (χ3n) is 1.74. The molecule has 0 unspecified atom stereocenters. The highest BCUT2D eigenvalue weighted by molar-refractivity contribution is 8.00. The maximum absolute atomic E-state index is 13.3. The summed E-state index contributed by atoms with van der Waals surface area (Å²) < 4.78 is 24.9. The van der Waals surface area contributed by atoms with Crippen molar-refractivity contribution in [3.8, 4) is 5.75 Å². The van der Waals surface area contributed by atoms with Crippen LogP contribution in [0.2, 0.25) is 0 Å². The minimum absolute atomic E-state index is 0.236. The topological polar surface area (TPSA) is 47.0 Å². The Labute approximate surface area is 100 Å². The average molecular weight is 257 g/mol. The molecule has 4 nitrogen and oxygen atoms in total. The molecular formula is C9H8FN3OS2. The number of ether oxygens (including phenoxy) is 1. The van der Waals surface area contributed by atoms with E-state index in [1.165, 1.54) is 43.0 Å². The molecule has 0 atom stereocenters. The van der Waals surface area contributed by atoms with Crippen molar-refractivity contribution in [2.45, 2.75) is 4.90 Å². The van der Waals surface area contributed by atoms with E-state index in [2.05, 4.69) is 14.1 Å². The molecule has 0 amide bonds. The number of nitrogens with one attached hydrogen (secondary N) is 1. The molecule has 1 aromatic carbocycles. The molecule has 0 bridgehead atoms. The number of hydrogen-bond donors (Lipinski definition) is 1. The van der Waals surface area contributed by atoms with E-state index in [1.807, 2.05) is 0 Å². The van der Waals surface area contributed by atoms with Crippen molar-refractivity contribution in [2.24, 2.45) is 0 Å². The van der Waals surface area contributed by atoms with Crippen molar-refractivity contribution in [2.75, 3.05) is 11.8 Å². The zero-order valence-electron chi connectivity index (χ0n) is 8.31. The number of aromatic nitrogens is 2. The predicted octanol–water partition coefficient (Wildman–Crippen LogP) is 2.81. The Morgan fingerprint density at radius 2 is 2.38 bits per heavy atom. The van der Waals surface area contributed by atoms with Crippen LogP contribution in [0.3, 0.4) is 0 Å². The first kappa shape index (κ1) is 11.2. The number of anilines is 1. The van der Waals surface area contributed by atoms with Gasteiger partial charge >= 0.3 is 0 Å². The van der Waals surface area contributed by atoms with Crippen LogP contribution in [-0.2, 0) is 0 Å². The molecule has 7 heteroatoms. The number of halogens is 1. The van der Waals surface area contributed by atoms with E-state index in [0.717, 1.165) is 4.90 Å². The molecule has 1 aromatic heterocycles. The van der Waals surface area contributed by atoms with Gasteiger partial charge in [0, 0.05) is 16.4 Å². The normalized spacial score (nSPS) is 10.1. The Morgan fingerprint density at radius 3 is 3.00 bits per heavy atom. The van der Waals surface area contributed by atoms with Crippen LogP contribution < -0.4 is 9.46 Å². The van der Waals surface area contributed by atoms with Crippen molar-refractivity contribution < 1.29 is 9.13 Å². The summed E-state index contributed by atoms with van der Waals surface area (Å²) in [5.41, 5.74) is 0. The first-order valence-corrected chi connectivity index (χ1v) is 5.91. The molecule has 0 radical (unpaired) electrons. The van der Waals surface area contributed by atoms with Crippen LogP contribution in [0.25, 0.3) is 0 Å². The van der Waals surface area contributed by atoms with Gasteiger partial charge < -0.3 is 9.46 Å². The van der Waals surface area contributed by atoms with E-state index < -0.39 is 0 Å². The maximum Gasteiger partial charge on any atom is 0.212 e. The number of nitrogens with zero attached hydrogens (tertiary/aromatic N) is 2. The Hall–Kier alpha value is -1.34. The van der Waals surface area contributed by atoms with Crippen LogP contribution in [0.1, 0.15) is 0 Å². The van der Waals surface area contributed by atoms with Gasteiger partial charge in [0.05, 0.1) is 7.11 Å². The summed E-state index contributed by atoms with van der Waals surface area (Å²) in [6, 6.07) is 4.75. The van der Waals surface area contributed by atoms with Crippen LogP contribution >= 0.6 is 23.5 Å². The smallest absolute Gasteiger partial charge is 0.212 e. The lowest BCUT2D eigenvalue weighted by Gasteiger charge is -2.04. The molecule has 16 heavy (non-hydrogen) atoms. The van der Waals surface area contributed by atoms with E-state index in [1.54, 1.807) is 12.1 Å². The third-order valence-corrected chi connectivity index (χ3v) is 3.24. The lowest BCUT2D eigenvalue weighted by Crippen LogP contribution is -1.89. The number of benzene rings is 1. The standard InChI is InChI=1S/C9H8FN3OS2/c1-14-8-3-2-6(4-7(8)10)15-13-9-11-5-12-16-9/h2-5H,1H3,(H,11,12,13). The van der Waals surface area contributed by atoms with Gasteiger partial charge in [-0.1, -0.05) is 0 Å². The Balaban J connectivity index is 2.02. The fourth-order valence-corrected chi connectivity index (χ4v) is 2.15. The summed E-state index contributed by atoms with van der Waals surface area (Å²) in [6.07, 6.45) is 1.46. The summed E-state index contributed by atoms with van der Waals surface area (Å²) in [5.74, 6) is -0.146. The van der Waals surface area contributed by atoms with Crippen LogP contribution in [0.5, 0.6) is 5.75 Å². The summed E-state index contributed by atoms with van der Waals surface area (Å²) in [4.78, 5) is 4.69. The largest absolute Gasteiger partial charge is 0.494 e. The van der Waals surface area contributed by atoms with E-state index in [-0.39, 0.29) is 11.6 Å². The van der Waals surface area contributed by atoms with Gasteiger partial charge in [0.1, 0.15) is 6.33 Å². The first-order valence-electron chi connectivity index (χ1n) is 4.32. The second-order valence-corrected chi connectivity index (χ2v) is 4.41. The predicted molar refractivity (Wildman–Crippen MR) is 62.3 cm³/mol. The fraction of sp³-hybridized carbons (Fsp3) is 0.111. The van der Waals surface area contributed by atoms with Gasteiger partial charge in [0.25, 0.3) is 0 Å². The minimum atomic E-state index is -0.383. The van der Waals surface area contributed by atoms with E-state index in [9.17, 15) is 4.39 Å². The molecule has 0 saturated heterocycles. The summed E-state index contributed by atoms with van der Waals surface area (Å²) >= 11 is 2.52. The highest BCUT2D eigenvalue weighted by Gasteiger charge is 2.04. The molecular weight excluding hydrogens is 249 g/mol. The highest BCUT2D eigenvalue weighted by Crippen LogP contribution is 2.25. The van der Waals surface area contributed by atoms with E-state index in [0.29, 0.717) is 5.13 Å². The Kier molecular flexibility index (Phi) is 3.58. The summed E-state index contributed by atoms with van der Waals surface area (Å²) in [7, 11) is 1.44. The molecule has 2 aromatic rings.